The lowest BCUT2D eigenvalue weighted by Crippen LogP contribution is -2.21. The maximum absolute atomic E-state index is 12.1. The highest BCUT2D eigenvalue weighted by atomic mass is 35.5. The van der Waals surface area contributed by atoms with Crippen LogP contribution in [-0.4, -0.2) is 42.5 Å². The number of methoxy groups -OCH3 is 1. The zero-order valence-electron chi connectivity index (χ0n) is 14.5. The Labute approximate surface area is 160 Å². The van der Waals surface area contributed by atoms with E-state index in [1.165, 1.54) is 19.5 Å². The number of rotatable bonds is 8. The van der Waals surface area contributed by atoms with E-state index >= 15 is 0 Å². The first-order valence-electron chi connectivity index (χ1n) is 7.88. The summed E-state index contributed by atoms with van der Waals surface area (Å²) in [4.78, 5) is 30.2. The Balaban J connectivity index is 2.05. The van der Waals surface area contributed by atoms with Gasteiger partial charge in [0, 0.05) is 5.02 Å². The summed E-state index contributed by atoms with van der Waals surface area (Å²) in [7, 11) is 1.48. The number of nitrogens with zero attached hydrogens (tertiary/aromatic N) is 3. The molecule has 0 spiro atoms. The van der Waals surface area contributed by atoms with Crippen molar-refractivity contribution in [2.75, 3.05) is 30.8 Å². The van der Waals surface area contributed by atoms with Gasteiger partial charge in [-0.2, -0.15) is 5.26 Å². The lowest BCUT2D eigenvalue weighted by atomic mass is 10.1. The van der Waals surface area contributed by atoms with Crippen molar-refractivity contribution < 1.29 is 14.3 Å². The number of aldehydes is 1. The number of hydrogen-bond acceptors (Lipinski definition) is 7. The highest BCUT2D eigenvalue weighted by molar-refractivity contribution is 6.31. The highest BCUT2D eigenvalue weighted by Gasteiger charge is 2.13. The molecule has 2 amide bonds. The third kappa shape index (κ3) is 5.91. The van der Waals surface area contributed by atoms with E-state index in [0.717, 1.165) is 11.8 Å². The van der Waals surface area contributed by atoms with Gasteiger partial charge in [0.05, 0.1) is 31.7 Å². The van der Waals surface area contributed by atoms with Crippen LogP contribution in [0.2, 0.25) is 5.02 Å². The van der Waals surface area contributed by atoms with Gasteiger partial charge in [-0.25, -0.2) is 14.8 Å². The Hall–Kier alpha value is -3.22. The van der Waals surface area contributed by atoms with Gasteiger partial charge in [0.2, 0.25) is 0 Å². The number of amides is 2. The van der Waals surface area contributed by atoms with E-state index in [1.54, 1.807) is 12.1 Å². The molecule has 2 rings (SSSR count). The van der Waals surface area contributed by atoms with Crippen LogP contribution in [0.3, 0.4) is 0 Å². The van der Waals surface area contributed by atoms with Gasteiger partial charge in [-0.1, -0.05) is 11.6 Å². The third-order valence-electron chi connectivity index (χ3n) is 3.42. The molecule has 2 aromatic rings. The van der Waals surface area contributed by atoms with E-state index < -0.39 is 6.03 Å². The maximum atomic E-state index is 12.1. The van der Waals surface area contributed by atoms with Crippen molar-refractivity contribution in [1.82, 2.24) is 15.3 Å². The Morgan fingerprint density at radius 3 is 2.78 bits per heavy atom. The topological polar surface area (TPSA) is 129 Å². The number of benzene rings is 1. The number of carbonyl (C=O) groups excluding carboxylic acids is 2. The molecule has 1 aromatic heterocycles. The van der Waals surface area contributed by atoms with Gasteiger partial charge in [0.25, 0.3) is 0 Å². The van der Waals surface area contributed by atoms with Crippen LogP contribution in [0.5, 0.6) is 5.75 Å². The maximum Gasteiger partial charge on any atom is 0.325 e. The van der Waals surface area contributed by atoms with Gasteiger partial charge >= 0.3 is 6.03 Å². The number of anilines is 2. The molecular weight excluding hydrogens is 372 g/mol. The van der Waals surface area contributed by atoms with Gasteiger partial charge < -0.3 is 20.2 Å². The van der Waals surface area contributed by atoms with E-state index in [0.29, 0.717) is 29.4 Å². The Bertz CT molecular complexity index is 851. The first kappa shape index (κ1) is 20.1. The normalized spacial score (nSPS) is 9.96. The monoisotopic (exact) mass is 388 g/mol. The molecule has 0 saturated heterocycles. The predicted octanol–water partition coefficient (Wildman–Crippen LogP) is 1.99. The number of nitrogens with one attached hydrogen (secondary N) is 3. The molecule has 27 heavy (non-hydrogen) atoms. The molecule has 3 N–H and O–H groups in total. The van der Waals surface area contributed by atoms with Crippen molar-refractivity contribution in [3.05, 3.63) is 40.8 Å². The number of urea groups is 1. The second-order valence-electron chi connectivity index (χ2n) is 5.24. The van der Waals surface area contributed by atoms with Crippen LogP contribution in [-0.2, 0) is 11.2 Å². The number of halogens is 1. The molecule has 10 heteroatoms. The Morgan fingerprint density at radius 1 is 1.33 bits per heavy atom. The number of aromatic nitrogens is 2. The zero-order valence-corrected chi connectivity index (χ0v) is 15.2. The lowest BCUT2D eigenvalue weighted by molar-refractivity contribution is -0.107. The first-order chi connectivity index (χ1) is 13.1. The average molecular weight is 389 g/mol. The summed E-state index contributed by atoms with van der Waals surface area (Å²) in [6, 6.07) is 4.58. The average Bonchev–Trinajstić information content (AvgIpc) is 2.67. The first-order valence-corrected chi connectivity index (χ1v) is 8.26. The summed E-state index contributed by atoms with van der Waals surface area (Å²) < 4.78 is 5.31. The van der Waals surface area contributed by atoms with Crippen LogP contribution in [0.4, 0.5) is 16.3 Å². The van der Waals surface area contributed by atoms with Gasteiger partial charge in [0.1, 0.15) is 18.1 Å². The molecule has 0 aliphatic carbocycles. The van der Waals surface area contributed by atoms with Crippen LogP contribution in [0.1, 0.15) is 11.3 Å². The molecule has 1 heterocycles. The fourth-order valence-electron chi connectivity index (χ4n) is 2.16. The van der Waals surface area contributed by atoms with Crippen LogP contribution < -0.4 is 20.7 Å². The fourth-order valence-corrected chi connectivity index (χ4v) is 2.42. The van der Waals surface area contributed by atoms with Crippen molar-refractivity contribution >= 4 is 35.4 Å². The number of hydrogen-bond donors (Lipinski definition) is 3. The third-order valence-corrected chi connectivity index (χ3v) is 3.78. The predicted molar refractivity (Wildman–Crippen MR) is 100 cm³/mol. The number of nitriles is 1. The van der Waals surface area contributed by atoms with Crippen LogP contribution in [0, 0.1) is 11.3 Å². The minimum absolute atomic E-state index is 0.146. The van der Waals surface area contributed by atoms with Gasteiger partial charge in [0.15, 0.2) is 11.5 Å². The second kappa shape index (κ2) is 10.1. The SMILES string of the molecule is COc1cc(CCNCC=O)c(Cl)cc1NC(=O)Nc1cnc(C#N)cn1. The molecule has 0 radical (unpaired) electrons. The largest absolute Gasteiger partial charge is 0.495 e. The van der Waals surface area contributed by atoms with Crippen molar-refractivity contribution in [2.45, 2.75) is 6.42 Å². The van der Waals surface area contributed by atoms with Crippen LogP contribution >= 0.6 is 11.6 Å². The van der Waals surface area contributed by atoms with Crippen LogP contribution in [0.15, 0.2) is 24.5 Å². The molecule has 0 atom stereocenters. The summed E-state index contributed by atoms with van der Waals surface area (Å²) in [6.07, 6.45) is 3.90. The number of carbonyl (C=O) groups is 2. The van der Waals surface area contributed by atoms with Crippen molar-refractivity contribution in [3.8, 4) is 11.8 Å². The van der Waals surface area contributed by atoms with Crippen molar-refractivity contribution in [1.29, 1.82) is 5.26 Å². The van der Waals surface area contributed by atoms with E-state index in [1.807, 2.05) is 6.07 Å². The molecule has 0 unspecified atom stereocenters. The quantitative estimate of drug-likeness (QED) is 0.465. The van der Waals surface area contributed by atoms with Gasteiger partial charge in [-0.05, 0) is 30.7 Å². The molecule has 0 bridgehead atoms. The van der Waals surface area contributed by atoms with E-state index in [2.05, 4.69) is 25.9 Å². The minimum Gasteiger partial charge on any atom is -0.495 e. The second-order valence-corrected chi connectivity index (χ2v) is 5.65. The molecule has 0 aliphatic rings. The van der Waals surface area contributed by atoms with E-state index in [4.69, 9.17) is 21.6 Å². The van der Waals surface area contributed by atoms with Gasteiger partial charge in [-0.3, -0.25) is 5.32 Å². The summed E-state index contributed by atoms with van der Waals surface area (Å²) in [6.45, 7) is 0.846. The molecule has 0 aliphatic heterocycles. The lowest BCUT2D eigenvalue weighted by Gasteiger charge is -2.14. The molecule has 0 saturated carbocycles. The molecule has 0 fully saturated rings. The fraction of sp³-hybridized carbons (Fsp3) is 0.235. The Morgan fingerprint density at radius 2 is 2.15 bits per heavy atom. The summed E-state index contributed by atoms with van der Waals surface area (Å²) >= 11 is 6.27. The summed E-state index contributed by atoms with van der Waals surface area (Å²) in [5, 5.41) is 17.2. The molecule has 9 nitrogen and oxygen atoms in total. The molecule has 1 aromatic carbocycles. The highest BCUT2D eigenvalue weighted by Crippen LogP contribution is 2.31. The standard InChI is InChI=1S/C17H17ClN6O3/c1-27-15-6-11(2-3-20-4-5-25)13(18)7-14(15)23-17(26)24-16-10-21-12(8-19)9-22-16/h5-7,9-10,20H,2-4H2,1H3,(H2,22,23,24,26). The zero-order chi connectivity index (χ0) is 19.6. The van der Waals surface area contributed by atoms with Crippen molar-refractivity contribution in [2.24, 2.45) is 0 Å². The summed E-state index contributed by atoms with van der Waals surface area (Å²) in [5.41, 5.74) is 1.34. The van der Waals surface area contributed by atoms with Crippen LogP contribution in [0.25, 0.3) is 0 Å². The Kier molecular flexibility index (Phi) is 7.49. The van der Waals surface area contributed by atoms with E-state index in [9.17, 15) is 9.59 Å². The summed E-state index contributed by atoms with van der Waals surface area (Å²) in [5.74, 6) is 0.625. The number of ether oxygens (including phenoxy) is 1. The molecular formula is C17H17ClN6O3. The van der Waals surface area contributed by atoms with Gasteiger partial charge in [-0.15, -0.1) is 0 Å². The minimum atomic E-state index is -0.566. The smallest absolute Gasteiger partial charge is 0.325 e. The molecule has 140 valence electrons. The van der Waals surface area contributed by atoms with E-state index in [-0.39, 0.29) is 18.1 Å². The van der Waals surface area contributed by atoms with Crippen molar-refractivity contribution in [3.63, 3.8) is 0 Å².